The molecule has 0 bridgehead atoms. The maximum absolute atomic E-state index is 12.7. The molecule has 100 valence electrons. The van der Waals surface area contributed by atoms with Gasteiger partial charge in [0.15, 0.2) is 5.78 Å². The molecule has 0 aromatic carbocycles. The predicted molar refractivity (Wildman–Crippen MR) is 77.2 cm³/mol. The van der Waals surface area contributed by atoms with E-state index in [1.54, 1.807) is 11.3 Å². The molecule has 1 fully saturated rings. The quantitative estimate of drug-likeness (QED) is 0.784. The zero-order chi connectivity index (χ0) is 13.0. The van der Waals surface area contributed by atoms with Crippen LogP contribution in [-0.2, 0) is 11.2 Å². The lowest BCUT2D eigenvalue weighted by atomic mass is 9.84. The Hall–Kier alpha value is -0.670. The van der Waals surface area contributed by atoms with Gasteiger partial charge >= 0.3 is 0 Å². The summed E-state index contributed by atoms with van der Waals surface area (Å²) in [6.45, 7) is 6.51. The van der Waals surface area contributed by atoms with Gasteiger partial charge in [-0.25, -0.2) is 0 Å². The molecule has 0 atom stereocenters. The molecule has 1 aromatic rings. The number of ketones is 1. The molecule has 0 unspecified atom stereocenters. The second-order valence-corrected chi connectivity index (χ2v) is 6.14. The van der Waals surface area contributed by atoms with Crippen LogP contribution in [0.1, 0.15) is 44.4 Å². The summed E-state index contributed by atoms with van der Waals surface area (Å²) in [5, 5.41) is 2.05. The largest absolute Gasteiger partial charge is 0.297 e. The van der Waals surface area contributed by atoms with Gasteiger partial charge in [-0.1, -0.05) is 19.9 Å². The molecule has 3 heteroatoms. The molecule has 1 aliphatic heterocycles. The average molecular weight is 265 g/mol. The normalized spacial score (nSPS) is 17.2. The molecular formula is C15H23NOS. The van der Waals surface area contributed by atoms with Crippen molar-refractivity contribution in [3.8, 4) is 0 Å². The van der Waals surface area contributed by atoms with Gasteiger partial charge < -0.3 is 0 Å². The zero-order valence-corrected chi connectivity index (χ0v) is 12.3. The molecule has 0 spiro atoms. The molecule has 0 aliphatic carbocycles. The fourth-order valence-corrected chi connectivity index (χ4v) is 3.85. The smallest absolute Gasteiger partial charge is 0.158 e. The molecule has 2 nitrogen and oxygen atoms in total. The van der Waals surface area contributed by atoms with Gasteiger partial charge in [0, 0.05) is 11.3 Å². The summed E-state index contributed by atoms with van der Waals surface area (Å²) in [7, 11) is 0. The van der Waals surface area contributed by atoms with Crippen LogP contribution in [0.5, 0.6) is 0 Å². The van der Waals surface area contributed by atoms with E-state index in [1.165, 1.54) is 17.7 Å². The Balaban J connectivity index is 2.15. The number of carbonyl (C=O) groups is 1. The first-order chi connectivity index (χ1) is 8.73. The van der Waals surface area contributed by atoms with Crippen molar-refractivity contribution in [2.75, 3.05) is 13.1 Å². The summed E-state index contributed by atoms with van der Waals surface area (Å²) in [4.78, 5) is 16.4. The van der Waals surface area contributed by atoms with Crippen molar-refractivity contribution in [3.05, 3.63) is 22.4 Å². The third kappa shape index (κ3) is 2.52. The summed E-state index contributed by atoms with van der Waals surface area (Å²) < 4.78 is 0. The van der Waals surface area contributed by atoms with E-state index in [0.29, 0.717) is 12.2 Å². The minimum absolute atomic E-state index is 0.208. The summed E-state index contributed by atoms with van der Waals surface area (Å²) in [6.07, 6.45) is 4.97. The molecule has 1 aliphatic rings. The minimum atomic E-state index is -0.208. The number of Topliss-reactive ketones (excluding diaryl/α,β-unsaturated/α-hetero) is 1. The average Bonchev–Trinajstić information content (AvgIpc) is 3.04. The molecule has 0 N–H and O–H groups in total. The highest BCUT2D eigenvalue weighted by Crippen LogP contribution is 2.30. The first kappa shape index (κ1) is 13.8. The lowest BCUT2D eigenvalue weighted by Crippen LogP contribution is -2.53. The van der Waals surface area contributed by atoms with Gasteiger partial charge in [0.25, 0.3) is 0 Å². The maximum atomic E-state index is 12.7. The highest BCUT2D eigenvalue weighted by molar-refractivity contribution is 7.10. The highest BCUT2D eigenvalue weighted by atomic mass is 32.1. The van der Waals surface area contributed by atoms with Gasteiger partial charge in [-0.05, 0) is 50.2 Å². The fourth-order valence-electron chi connectivity index (χ4n) is 3.15. The van der Waals surface area contributed by atoms with Gasteiger partial charge in [0.1, 0.15) is 0 Å². The molecule has 0 amide bonds. The van der Waals surface area contributed by atoms with Crippen molar-refractivity contribution in [1.29, 1.82) is 0 Å². The number of hydrogen-bond donors (Lipinski definition) is 0. The SMILES string of the molecule is CCC(CC)(C(=O)Cc1cccs1)N1CCCC1. The number of hydrogen-bond acceptors (Lipinski definition) is 3. The van der Waals surface area contributed by atoms with Crippen LogP contribution in [0.15, 0.2) is 17.5 Å². The van der Waals surface area contributed by atoms with E-state index in [4.69, 9.17) is 0 Å². The van der Waals surface area contributed by atoms with E-state index >= 15 is 0 Å². The molecular weight excluding hydrogens is 242 g/mol. The van der Waals surface area contributed by atoms with Gasteiger partial charge in [-0.15, -0.1) is 11.3 Å². The molecule has 2 heterocycles. The first-order valence-electron chi connectivity index (χ1n) is 7.03. The van der Waals surface area contributed by atoms with E-state index in [9.17, 15) is 4.79 Å². The minimum Gasteiger partial charge on any atom is -0.297 e. The molecule has 0 saturated carbocycles. The van der Waals surface area contributed by atoms with Gasteiger partial charge in [-0.3, -0.25) is 9.69 Å². The van der Waals surface area contributed by atoms with Crippen LogP contribution in [-0.4, -0.2) is 29.3 Å². The van der Waals surface area contributed by atoms with Crippen molar-refractivity contribution in [2.24, 2.45) is 0 Å². The Morgan fingerprint density at radius 2 is 2.00 bits per heavy atom. The van der Waals surface area contributed by atoms with Crippen LogP contribution in [0.2, 0.25) is 0 Å². The van der Waals surface area contributed by atoms with Crippen LogP contribution in [0.25, 0.3) is 0 Å². The Morgan fingerprint density at radius 3 is 2.50 bits per heavy atom. The van der Waals surface area contributed by atoms with Gasteiger partial charge in [-0.2, -0.15) is 0 Å². The second-order valence-electron chi connectivity index (χ2n) is 5.11. The number of rotatable bonds is 6. The van der Waals surface area contributed by atoms with E-state index in [-0.39, 0.29) is 5.54 Å². The van der Waals surface area contributed by atoms with Gasteiger partial charge in [0.2, 0.25) is 0 Å². The maximum Gasteiger partial charge on any atom is 0.158 e. The van der Waals surface area contributed by atoms with E-state index < -0.39 is 0 Å². The second kappa shape index (κ2) is 5.98. The number of thiophene rings is 1. The van der Waals surface area contributed by atoms with Crippen molar-refractivity contribution in [1.82, 2.24) is 4.90 Å². The van der Waals surface area contributed by atoms with Crippen molar-refractivity contribution < 1.29 is 4.79 Å². The van der Waals surface area contributed by atoms with E-state index in [0.717, 1.165) is 25.9 Å². The third-order valence-corrected chi connectivity index (χ3v) is 5.19. The lowest BCUT2D eigenvalue weighted by molar-refractivity contribution is -0.130. The standard InChI is InChI=1S/C15H23NOS/c1-3-15(4-2,16-9-5-6-10-16)14(17)12-13-8-7-11-18-13/h7-8,11H,3-6,9-10,12H2,1-2H3. The van der Waals surface area contributed by atoms with Crippen LogP contribution in [0, 0.1) is 0 Å². The van der Waals surface area contributed by atoms with Crippen molar-refractivity contribution >= 4 is 17.1 Å². The number of nitrogens with zero attached hydrogens (tertiary/aromatic N) is 1. The van der Waals surface area contributed by atoms with Crippen LogP contribution in [0.4, 0.5) is 0 Å². The third-order valence-electron chi connectivity index (χ3n) is 4.32. The molecule has 1 aromatic heterocycles. The van der Waals surface area contributed by atoms with Gasteiger partial charge in [0.05, 0.1) is 5.54 Å². The van der Waals surface area contributed by atoms with Crippen molar-refractivity contribution in [2.45, 2.75) is 51.5 Å². The zero-order valence-electron chi connectivity index (χ0n) is 11.4. The molecule has 2 rings (SSSR count). The predicted octanol–water partition coefficient (Wildman–Crippen LogP) is 3.51. The molecule has 0 radical (unpaired) electrons. The van der Waals surface area contributed by atoms with Crippen molar-refractivity contribution in [3.63, 3.8) is 0 Å². The summed E-state index contributed by atoms with van der Waals surface area (Å²) in [5.74, 6) is 0.414. The Kier molecular flexibility index (Phi) is 4.57. The Bertz CT molecular complexity index is 375. The highest BCUT2D eigenvalue weighted by Gasteiger charge is 2.41. The summed E-state index contributed by atoms with van der Waals surface area (Å²) in [6, 6.07) is 4.10. The summed E-state index contributed by atoms with van der Waals surface area (Å²) in [5.41, 5.74) is -0.208. The monoisotopic (exact) mass is 265 g/mol. The number of carbonyl (C=O) groups excluding carboxylic acids is 1. The van der Waals surface area contributed by atoms with Crippen LogP contribution in [0.3, 0.4) is 0 Å². The first-order valence-corrected chi connectivity index (χ1v) is 7.91. The Morgan fingerprint density at radius 1 is 1.33 bits per heavy atom. The van der Waals surface area contributed by atoms with E-state index in [2.05, 4.69) is 30.2 Å². The summed E-state index contributed by atoms with van der Waals surface area (Å²) >= 11 is 1.69. The van der Waals surface area contributed by atoms with E-state index in [1.807, 2.05) is 6.07 Å². The fraction of sp³-hybridized carbons (Fsp3) is 0.667. The number of likely N-dealkylation sites (tertiary alicyclic amines) is 1. The van der Waals surface area contributed by atoms with Crippen LogP contribution >= 0.6 is 11.3 Å². The van der Waals surface area contributed by atoms with Crippen LogP contribution < -0.4 is 0 Å². The molecule has 1 saturated heterocycles. The topological polar surface area (TPSA) is 20.3 Å². The Labute approximate surface area is 114 Å². The lowest BCUT2D eigenvalue weighted by Gasteiger charge is -2.39. The molecule has 18 heavy (non-hydrogen) atoms.